The minimum absolute atomic E-state index is 0.108. The maximum Gasteiger partial charge on any atom is 0.398 e. The fourth-order valence-electron chi connectivity index (χ4n) is 3.88. The van der Waals surface area contributed by atoms with E-state index in [4.69, 9.17) is 0 Å². The number of fused-ring (bicyclic) bond motifs is 1. The smallest absolute Gasteiger partial charge is 0.301 e. The van der Waals surface area contributed by atoms with Crippen molar-refractivity contribution in [2.24, 2.45) is 0 Å². The molecule has 0 unspecified atom stereocenters. The van der Waals surface area contributed by atoms with Crippen LogP contribution in [0.4, 0.5) is 13.2 Å². The zero-order chi connectivity index (χ0) is 19.2. The van der Waals surface area contributed by atoms with E-state index in [2.05, 4.69) is 15.0 Å². The first-order valence-corrected chi connectivity index (χ1v) is 10.1. The Balaban J connectivity index is 1.67. The van der Waals surface area contributed by atoms with E-state index in [9.17, 15) is 18.0 Å². The van der Waals surface area contributed by atoms with Gasteiger partial charge in [-0.15, -0.1) is 0 Å². The van der Waals surface area contributed by atoms with Gasteiger partial charge in [0, 0.05) is 23.7 Å². The first kappa shape index (κ1) is 18.5. The van der Waals surface area contributed by atoms with Crippen molar-refractivity contribution in [1.82, 2.24) is 15.0 Å². The highest BCUT2D eigenvalue weighted by Crippen LogP contribution is 2.60. The monoisotopic (exact) mass is 395 g/mol. The van der Waals surface area contributed by atoms with Crippen LogP contribution in [-0.2, 0) is 30.4 Å². The molecule has 27 heavy (non-hydrogen) atoms. The summed E-state index contributed by atoms with van der Waals surface area (Å²) in [6.07, 6.45) is 2.00. The number of halogens is 3. The zero-order valence-electron chi connectivity index (χ0n) is 14.9. The molecule has 2 aliphatic carbocycles. The van der Waals surface area contributed by atoms with Crippen LogP contribution in [-0.4, -0.2) is 21.1 Å². The molecule has 0 radical (unpaired) electrons. The van der Waals surface area contributed by atoms with E-state index >= 15 is 0 Å². The van der Waals surface area contributed by atoms with E-state index in [1.807, 2.05) is 6.92 Å². The van der Waals surface area contributed by atoms with E-state index in [1.54, 1.807) is 6.20 Å². The molecule has 2 aliphatic rings. The summed E-state index contributed by atoms with van der Waals surface area (Å²) >= 11 is 1.29. The summed E-state index contributed by atoms with van der Waals surface area (Å²) in [6.45, 7) is 1.91. The number of nitrogens with zero attached hydrogens (tertiary/aromatic N) is 2. The largest absolute Gasteiger partial charge is 0.398 e. The molecular formula is C19H20F3N3OS. The van der Waals surface area contributed by atoms with Crippen LogP contribution >= 0.6 is 11.8 Å². The van der Waals surface area contributed by atoms with Gasteiger partial charge < -0.3 is 4.98 Å². The first-order valence-electron chi connectivity index (χ1n) is 9.13. The molecule has 1 N–H and O–H groups in total. The van der Waals surface area contributed by atoms with Crippen molar-refractivity contribution in [2.75, 3.05) is 0 Å². The number of alkyl halides is 3. The van der Waals surface area contributed by atoms with E-state index < -0.39 is 11.6 Å². The number of nitrogens with one attached hydrogen (secondary N) is 1. The molecule has 4 rings (SSSR count). The van der Waals surface area contributed by atoms with Crippen LogP contribution in [0.2, 0.25) is 0 Å². The number of thioether (sulfide) groups is 1. The maximum absolute atomic E-state index is 13.7. The Hall–Kier alpha value is -1.83. The Bertz CT molecular complexity index is 935. The number of hydrogen-bond acceptors (Lipinski definition) is 4. The SMILES string of the molecule is CCc1cncc(C2(C(F)(F)F)CC2)c1CSc1nc2c(c(=O)[nH]1)CCC2. The van der Waals surface area contributed by atoms with Gasteiger partial charge in [-0.3, -0.25) is 9.78 Å². The predicted octanol–water partition coefficient (Wildman–Crippen LogP) is 4.10. The van der Waals surface area contributed by atoms with Crippen molar-refractivity contribution in [1.29, 1.82) is 0 Å². The van der Waals surface area contributed by atoms with Crippen molar-refractivity contribution in [3.63, 3.8) is 0 Å². The molecule has 1 saturated carbocycles. The Morgan fingerprint density at radius 1 is 1.26 bits per heavy atom. The highest BCUT2D eigenvalue weighted by Gasteiger charge is 2.65. The molecule has 8 heteroatoms. The van der Waals surface area contributed by atoms with Gasteiger partial charge in [0.15, 0.2) is 5.16 Å². The average molecular weight is 395 g/mol. The van der Waals surface area contributed by atoms with Crippen LogP contribution in [0.3, 0.4) is 0 Å². The highest BCUT2D eigenvalue weighted by molar-refractivity contribution is 7.98. The molecule has 0 amide bonds. The number of H-pyrrole nitrogens is 1. The number of aryl methyl sites for hydroxylation is 2. The minimum atomic E-state index is -4.28. The van der Waals surface area contributed by atoms with E-state index in [0.717, 1.165) is 36.1 Å². The third kappa shape index (κ3) is 3.17. The average Bonchev–Trinajstić information content (AvgIpc) is 3.31. The number of pyridine rings is 1. The summed E-state index contributed by atoms with van der Waals surface area (Å²) in [5.74, 6) is 0.334. The lowest BCUT2D eigenvalue weighted by Crippen LogP contribution is -2.30. The van der Waals surface area contributed by atoms with Crippen molar-refractivity contribution in [2.45, 2.75) is 67.9 Å². The molecule has 2 aromatic rings. The Morgan fingerprint density at radius 3 is 2.70 bits per heavy atom. The maximum atomic E-state index is 13.7. The normalized spacial score (nSPS) is 17.8. The molecule has 0 saturated heterocycles. The Kier molecular flexibility index (Phi) is 4.56. The molecule has 1 fully saturated rings. The van der Waals surface area contributed by atoms with Crippen molar-refractivity contribution >= 4 is 11.8 Å². The standard InChI is InChI=1S/C19H20F3N3OS/c1-2-11-8-23-9-14(18(6-7-18)19(20,21)22)13(11)10-27-17-24-15-5-3-4-12(15)16(26)25-17/h8-9H,2-7,10H2,1H3,(H,24,25,26). The van der Waals surface area contributed by atoms with E-state index in [0.29, 0.717) is 22.9 Å². The predicted molar refractivity (Wildman–Crippen MR) is 97.0 cm³/mol. The second-order valence-electron chi connectivity index (χ2n) is 7.20. The molecule has 0 aliphatic heterocycles. The lowest BCUT2D eigenvalue weighted by molar-refractivity contribution is -0.160. The molecule has 0 spiro atoms. The van der Waals surface area contributed by atoms with Gasteiger partial charge in [-0.25, -0.2) is 4.98 Å². The van der Waals surface area contributed by atoms with Crippen LogP contribution in [0.1, 0.15) is 54.1 Å². The second-order valence-corrected chi connectivity index (χ2v) is 8.16. The summed E-state index contributed by atoms with van der Waals surface area (Å²) in [5, 5.41) is 0.474. The summed E-state index contributed by atoms with van der Waals surface area (Å²) in [7, 11) is 0. The highest BCUT2D eigenvalue weighted by atomic mass is 32.2. The third-order valence-corrected chi connectivity index (χ3v) is 6.51. The fourth-order valence-corrected chi connectivity index (χ4v) is 4.84. The van der Waals surface area contributed by atoms with Crippen LogP contribution in [0.5, 0.6) is 0 Å². The third-order valence-electron chi connectivity index (χ3n) is 5.61. The lowest BCUT2D eigenvalue weighted by Gasteiger charge is -2.23. The first-order chi connectivity index (χ1) is 12.9. The summed E-state index contributed by atoms with van der Waals surface area (Å²) < 4.78 is 41.0. The number of hydrogen-bond donors (Lipinski definition) is 1. The molecule has 4 nitrogen and oxygen atoms in total. The van der Waals surface area contributed by atoms with Gasteiger partial charge in [0.05, 0.1) is 11.1 Å². The zero-order valence-corrected chi connectivity index (χ0v) is 15.8. The van der Waals surface area contributed by atoms with Gasteiger partial charge in [-0.1, -0.05) is 18.7 Å². The van der Waals surface area contributed by atoms with Crippen molar-refractivity contribution in [3.05, 3.63) is 50.7 Å². The summed E-state index contributed by atoms with van der Waals surface area (Å²) in [4.78, 5) is 23.5. The number of aromatic nitrogens is 3. The lowest BCUT2D eigenvalue weighted by atomic mass is 9.90. The Morgan fingerprint density at radius 2 is 2.04 bits per heavy atom. The van der Waals surface area contributed by atoms with Crippen LogP contribution in [0, 0.1) is 0 Å². The van der Waals surface area contributed by atoms with Gasteiger partial charge in [-0.05, 0) is 55.2 Å². The van der Waals surface area contributed by atoms with Crippen LogP contribution in [0.25, 0.3) is 0 Å². The van der Waals surface area contributed by atoms with Crippen molar-refractivity contribution < 1.29 is 13.2 Å². The number of aromatic amines is 1. The Labute approximate surface area is 159 Å². The van der Waals surface area contributed by atoms with Crippen LogP contribution < -0.4 is 5.56 Å². The molecular weight excluding hydrogens is 375 g/mol. The summed E-state index contributed by atoms with van der Waals surface area (Å²) in [6, 6.07) is 0. The second kappa shape index (κ2) is 6.65. The molecule has 2 heterocycles. The topological polar surface area (TPSA) is 58.6 Å². The molecule has 2 aromatic heterocycles. The molecule has 0 atom stereocenters. The van der Waals surface area contributed by atoms with Crippen molar-refractivity contribution in [3.8, 4) is 0 Å². The van der Waals surface area contributed by atoms with Gasteiger partial charge in [0.25, 0.3) is 5.56 Å². The van der Waals surface area contributed by atoms with Gasteiger partial charge in [0.2, 0.25) is 0 Å². The van der Waals surface area contributed by atoms with E-state index in [1.165, 1.54) is 18.0 Å². The van der Waals surface area contributed by atoms with Gasteiger partial charge in [0.1, 0.15) is 0 Å². The molecule has 0 aromatic carbocycles. The van der Waals surface area contributed by atoms with Crippen LogP contribution in [0.15, 0.2) is 22.3 Å². The fraction of sp³-hybridized carbons (Fsp3) is 0.526. The summed E-state index contributed by atoms with van der Waals surface area (Å²) in [5.41, 5.74) is 1.45. The van der Waals surface area contributed by atoms with Gasteiger partial charge >= 0.3 is 6.18 Å². The molecule has 144 valence electrons. The quantitative estimate of drug-likeness (QED) is 0.612. The number of rotatable bonds is 5. The minimum Gasteiger partial charge on any atom is -0.301 e. The van der Waals surface area contributed by atoms with E-state index in [-0.39, 0.29) is 24.0 Å². The molecule has 0 bridgehead atoms. The van der Waals surface area contributed by atoms with Gasteiger partial charge in [-0.2, -0.15) is 13.2 Å².